The van der Waals surface area contributed by atoms with Crippen LogP contribution >= 0.6 is 23.3 Å². The standard InChI is InChI=1S/C15H16N6O7S2.Na/c1-5(22)28-3-6-4-29-13-8(12(24)21(13)9(6)14(25)26)17-11(23)7(19-27-2)10-18-15(16)30-20-10;/h8,13H,3-4H2,1-2H3,(H,17,23)(H,25,26)(H2,16,18,20);/q;+1/p-1/b19-7-;/t8-,13-;/m1./s1. The van der Waals surface area contributed by atoms with Crippen LogP contribution in [-0.4, -0.2) is 74.6 Å². The Balaban J connectivity index is 0.00000341. The number of rotatable bonds is 7. The van der Waals surface area contributed by atoms with Gasteiger partial charge in [0.1, 0.15) is 25.1 Å². The van der Waals surface area contributed by atoms with Crippen LogP contribution < -0.4 is 45.7 Å². The Labute approximate surface area is 205 Å². The van der Waals surface area contributed by atoms with Gasteiger partial charge in [-0.1, -0.05) is 5.16 Å². The summed E-state index contributed by atoms with van der Waals surface area (Å²) in [4.78, 5) is 57.3. The number of hydrogen-bond acceptors (Lipinski definition) is 13. The van der Waals surface area contributed by atoms with Gasteiger partial charge in [0, 0.05) is 29.8 Å². The van der Waals surface area contributed by atoms with Crippen molar-refractivity contribution < 1.29 is 63.4 Å². The van der Waals surface area contributed by atoms with Gasteiger partial charge in [0.2, 0.25) is 11.5 Å². The minimum Gasteiger partial charge on any atom is -0.543 e. The summed E-state index contributed by atoms with van der Waals surface area (Å²) >= 11 is 2.05. The van der Waals surface area contributed by atoms with Gasteiger partial charge in [-0.2, -0.15) is 9.36 Å². The number of carboxylic acids is 1. The predicted octanol–water partition coefficient (Wildman–Crippen LogP) is -5.56. The second-order valence-electron chi connectivity index (χ2n) is 5.96. The molecule has 3 rings (SSSR count). The van der Waals surface area contributed by atoms with Crippen LogP contribution in [0.2, 0.25) is 0 Å². The van der Waals surface area contributed by atoms with Crippen LogP contribution in [-0.2, 0) is 28.8 Å². The van der Waals surface area contributed by atoms with Gasteiger partial charge in [-0.05, 0) is 0 Å². The molecule has 0 aliphatic carbocycles. The van der Waals surface area contributed by atoms with Gasteiger partial charge >= 0.3 is 35.5 Å². The minimum absolute atomic E-state index is 0. The van der Waals surface area contributed by atoms with E-state index >= 15 is 0 Å². The number of ether oxygens (including phenoxy) is 1. The van der Waals surface area contributed by atoms with Crippen LogP contribution in [0.1, 0.15) is 12.7 Å². The number of carbonyl (C=O) groups is 4. The molecule has 2 aliphatic heterocycles. The molecule has 1 fully saturated rings. The van der Waals surface area contributed by atoms with Crippen LogP contribution in [0.4, 0.5) is 5.13 Å². The maximum absolute atomic E-state index is 12.6. The van der Waals surface area contributed by atoms with Crippen LogP contribution in [0, 0.1) is 0 Å². The van der Waals surface area contributed by atoms with Gasteiger partial charge in [0.05, 0.1) is 11.7 Å². The zero-order chi connectivity index (χ0) is 22.0. The van der Waals surface area contributed by atoms with Crippen LogP contribution in [0.15, 0.2) is 16.4 Å². The number of anilines is 1. The average molecular weight is 478 g/mol. The van der Waals surface area contributed by atoms with Crippen LogP contribution in [0.25, 0.3) is 0 Å². The number of oxime groups is 1. The quantitative estimate of drug-likeness (QED) is 0.125. The van der Waals surface area contributed by atoms with E-state index in [4.69, 9.17) is 10.5 Å². The maximum Gasteiger partial charge on any atom is 1.00 e. The number of esters is 1. The second kappa shape index (κ2) is 10.4. The molecule has 0 spiro atoms. The van der Waals surface area contributed by atoms with E-state index < -0.39 is 35.2 Å². The summed E-state index contributed by atoms with van der Waals surface area (Å²) in [6.07, 6.45) is 0. The molecule has 16 heteroatoms. The zero-order valence-electron chi connectivity index (χ0n) is 16.6. The predicted molar refractivity (Wildman–Crippen MR) is 102 cm³/mol. The van der Waals surface area contributed by atoms with E-state index in [-0.39, 0.29) is 69.9 Å². The van der Waals surface area contributed by atoms with Crippen LogP contribution in [0.3, 0.4) is 0 Å². The zero-order valence-corrected chi connectivity index (χ0v) is 20.2. The summed E-state index contributed by atoms with van der Waals surface area (Å²) in [5, 5.41) is 17.1. The number of hydrogen-bond donors (Lipinski definition) is 2. The molecule has 1 aromatic rings. The molecule has 0 radical (unpaired) electrons. The first-order valence-electron chi connectivity index (χ1n) is 8.27. The summed E-state index contributed by atoms with van der Waals surface area (Å²) in [7, 11) is 1.22. The molecule has 3 N–H and O–H groups in total. The van der Waals surface area contributed by atoms with Gasteiger partial charge in [-0.25, -0.2) is 0 Å². The van der Waals surface area contributed by atoms with E-state index in [0.29, 0.717) is 0 Å². The monoisotopic (exact) mass is 478 g/mol. The topological polar surface area (TPSA) is 189 Å². The van der Waals surface area contributed by atoms with Crippen LogP contribution in [0.5, 0.6) is 0 Å². The number of nitrogens with zero attached hydrogens (tertiary/aromatic N) is 4. The molecule has 0 aromatic carbocycles. The van der Waals surface area contributed by atoms with Crippen molar-refractivity contribution in [2.75, 3.05) is 25.2 Å². The van der Waals surface area contributed by atoms with E-state index in [1.807, 2.05) is 0 Å². The van der Waals surface area contributed by atoms with E-state index in [1.54, 1.807) is 0 Å². The van der Waals surface area contributed by atoms with E-state index in [9.17, 15) is 24.3 Å². The molecule has 13 nitrogen and oxygen atoms in total. The normalized spacial score (nSPS) is 20.3. The Morgan fingerprint density at radius 2 is 2.13 bits per heavy atom. The molecular weight excluding hydrogens is 463 g/mol. The largest absolute Gasteiger partial charge is 1.00 e. The average Bonchev–Trinajstić information content (AvgIpc) is 3.13. The van der Waals surface area contributed by atoms with Crippen molar-refractivity contribution in [3.8, 4) is 0 Å². The van der Waals surface area contributed by atoms with E-state index in [1.165, 1.54) is 25.8 Å². The fraction of sp³-hybridized carbons (Fsp3) is 0.400. The SMILES string of the molecule is CO/N=C(\C(=O)N[C@@H]1C(=O)N2C(C(=O)[O-])=C(COC(C)=O)CS[C@H]12)c1nsc(N)n1.[Na+]. The summed E-state index contributed by atoms with van der Waals surface area (Å²) in [6.45, 7) is 0.906. The van der Waals surface area contributed by atoms with Gasteiger partial charge < -0.3 is 30.5 Å². The molecule has 1 aromatic heterocycles. The van der Waals surface area contributed by atoms with Crippen molar-refractivity contribution in [2.45, 2.75) is 18.3 Å². The Hall–Kier alpha value is -2.20. The minimum atomic E-state index is -1.58. The maximum atomic E-state index is 12.6. The number of thioether (sulfide) groups is 1. The third-order valence-corrected chi connectivity index (χ3v) is 5.91. The number of carboxylic acid groups (broad SMARTS) is 1. The molecule has 2 aliphatic rings. The number of amides is 2. The van der Waals surface area contributed by atoms with E-state index in [0.717, 1.165) is 16.4 Å². The third kappa shape index (κ3) is 5.17. The molecule has 2 amide bonds. The summed E-state index contributed by atoms with van der Waals surface area (Å²) in [5.41, 5.74) is 5.09. The number of carbonyl (C=O) groups excluding carboxylic acids is 4. The van der Waals surface area contributed by atoms with Crippen molar-refractivity contribution in [2.24, 2.45) is 5.16 Å². The van der Waals surface area contributed by atoms with Crippen molar-refractivity contribution in [1.29, 1.82) is 0 Å². The van der Waals surface area contributed by atoms with Gasteiger partial charge in [-0.3, -0.25) is 19.3 Å². The Morgan fingerprint density at radius 1 is 1.42 bits per heavy atom. The number of fused-ring (bicyclic) bond motifs is 1. The fourth-order valence-corrected chi connectivity index (χ4v) is 4.55. The molecule has 0 bridgehead atoms. The van der Waals surface area contributed by atoms with Gasteiger partial charge in [0.15, 0.2) is 5.13 Å². The fourth-order valence-electron chi connectivity index (χ4n) is 2.79. The summed E-state index contributed by atoms with van der Waals surface area (Å²) in [5.74, 6) is -3.53. The first-order chi connectivity index (χ1) is 14.2. The van der Waals surface area contributed by atoms with Crippen molar-refractivity contribution >= 4 is 57.9 Å². The van der Waals surface area contributed by atoms with Gasteiger partial charge in [-0.15, -0.1) is 11.8 Å². The number of nitrogens with one attached hydrogen (secondary N) is 1. The Morgan fingerprint density at radius 3 is 2.68 bits per heavy atom. The second-order valence-corrected chi connectivity index (χ2v) is 7.85. The summed E-state index contributed by atoms with van der Waals surface area (Å²) in [6, 6.07) is -1.02. The third-order valence-electron chi connectivity index (χ3n) is 4.03. The summed E-state index contributed by atoms with van der Waals surface area (Å²) < 4.78 is 8.73. The number of aromatic nitrogens is 2. The van der Waals surface area contributed by atoms with Crippen molar-refractivity contribution in [3.63, 3.8) is 0 Å². The first-order valence-corrected chi connectivity index (χ1v) is 10.1. The van der Waals surface area contributed by atoms with Crippen molar-refractivity contribution in [3.05, 3.63) is 17.1 Å². The molecular formula is C15H15N6NaO7S2. The van der Waals surface area contributed by atoms with E-state index in [2.05, 4.69) is 24.7 Å². The molecule has 2 atom stereocenters. The first kappa shape index (κ1) is 25.1. The number of aliphatic carboxylic acids is 1. The Bertz CT molecular complexity index is 981. The van der Waals surface area contributed by atoms with Gasteiger partial charge in [0.25, 0.3) is 11.8 Å². The molecule has 1 saturated heterocycles. The number of β-lactam (4-membered cyclic amide) rings is 1. The Kier molecular flexibility index (Phi) is 8.41. The number of nitrogens with two attached hydrogens (primary N) is 1. The molecule has 0 unspecified atom stereocenters. The van der Waals surface area contributed by atoms with Crippen molar-refractivity contribution in [1.82, 2.24) is 19.6 Å². The molecule has 0 saturated carbocycles. The molecule has 31 heavy (non-hydrogen) atoms. The molecule has 3 heterocycles. The number of nitrogen functional groups attached to an aromatic ring is 1. The smallest absolute Gasteiger partial charge is 0.543 e. The molecule has 160 valence electrons.